The van der Waals surface area contributed by atoms with Gasteiger partial charge in [-0.2, -0.15) is 0 Å². The predicted molar refractivity (Wildman–Crippen MR) is 140 cm³/mol. The summed E-state index contributed by atoms with van der Waals surface area (Å²) in [7, 11) is -0.300. The summed E-state index contributed by atoms with van der Waals surface area (Å²) in [6, 6.07) is 15.2. The van der Waals surface area contributed by atoms with Gasteiger partial charge in [-0.05, 0) is 41.9 Å². The first-order chi connectivity index (χ1) is 16.6. The first-order valence-electron chi connectivity index (χ1n) is 11.5. The van der Waals surface area contributed by atoms with Gasteiger partial charge in [-0.3, -0.25) is 9.59 Å². The predicted octanol–water partition coefficient (Wildman–Crippen LogP) is 2.93. The summed E-state index contributed by atoms with van der Waals surface area (Å²) in [5.74, 6) is 1.48. The molecule has 8 nitrogen and oxygen atoms in total. The highest BCUT2D eigenvalue weighted by atomic mass is 79.9. The van der Waals surface area contributed by atoms with Crippen LogP contribution in [0, 0.1) is 5.41 Å². The van der Waals surface area contributed by atoms with Crippen LogP contribution < -0.4 is 25.6 Å². The molecule has 2 aromatic carbocycles. The molecule has 0 spiro atoms. The summed E-state index contributed by atoms with van der Waals surface area (Å²) in [6.45, 7) is 10.6. The number of rotatable bonds is 9. The number of benzene rings is 2. The minimum Gasteiger partial charge on any atom is -0.492 e. The second-order valence-electron chi connectivity index (χ2n) is 8.80. The average Bonchev–Trinajstić information content (AvgIpc) is 2.81. The van der Waals surface area contributed by atoms with Crippen molar-refractivity contribution in [2.45, 2.75) is 27.7 Å². The van der Waals surface area contributed by atoms with Gasteiger partial charge >= 0.3 is 7.12 Å². The Hall–Kier alpha value is -2.56. The Morgan fingerprint density at radius 2 is 1.29 bits per heavy atom. The Morgan fingerprint density at radius 3 is 1.71 bits per heavy atom. The lowest BCUT2D eigenvalue weighted by Crippen LogP contribution is -2.47. The van der Waals surface area contributed by atoms with Gasteiger partial charge in [-0.1, -0.05) is 41.9 Å². The fraction of sp³-hybridized carbons (Fsp3) is 0.440. The highest BCUT2D eigenvalue weighted by Gasteiger charge is 2.33. The van der Waals surface area contributed by atoms with Crippen LogP contribution in [0.25, 0.3) is 0 Å². The summed E-state index contributed by atoms with van der Waals surface area (Å²) >= 11 is 3.33. The van der Waals surface area contributed by atoms with Crippen LogP contribution in [-0.2, 0) is 18.9 Å². The van der Waals surface area contributed by atoms with Crippen molar-refractivity contribution in [1.29, 1.82) is 0 Å². The zero-order chi connectivity index (χ0) is 25.7. The summed E-state index contributed by atoms with van der Waals surface area (Å²) in [4.78, 5) is 21.3. The van der Waals surface area contributed by atoms with Crippen LogP contribution >= 0.6 is 15.9 Å². The second-order valence-corrected chi connectivity index (χ2v) is 9.72. The van der Waals surface area contributed by atoms with Crippen LogP contribution in [0.5, 0.6) is 11.5 Å². The molecule has 2 amide bonds. The van der Waals surface area contributed by atoms with Crippen LogP contribution in [-0.4, -0.2) is 58.4 Å². The molecule has 10 heteroatoms. The van der Waals surface area contributed by atoms with Crippen molar-refractivity contribution in [2.75, 3.05) is 39.5 Å². The molecule has 2 N–H and O–H groups in total. The van der Waals surface area contributed by atoms with E-state index in [1.54, 1.807) is 0 Å². The Balaban J connectivity index is 0.000000269. The molecule has 1 aliphatic rings. The van der Waals surface area contributed by atoms with Crippen molar-refractivity contribution in [3.63, 3.8) is 0 Å². The van der Waals surface area contributed by atoms with Crippen LogP contribution in [0.4, 0.5) is 0 Å². The lowest BCUT2D eigenvalue weighted by molar-refractivity contribution is -0.119. The second kappa shape index (κ2) is 14.8. The number of halogens is 1. The lowest BCUT2D eigenvalue weighted by Gasteiger charge is -2.33. The zero-order valence-electron chi connectivity index (χ0n) is 20.8. The van der Waals surface area contributed by atoms with Crippen molar-refractivity contribution in [3.8, 4) is 11.5 Å². The van der Waals surface area contributed by atoms with Gasteiger partial charge in [0, 0.05) is 36.9 Å². The number of nitrogens with one attached hydrogen (secondary N) is 2. The third kappa shape index (κ3) is 12.1. The van der Waals surface area contributed by atoms with E-state index in [4.69, 9.17) is 18.8 Å². The van der Waals surface area contributed by atoms with Gasteiger partial charge < -0.3 is 29.4 Å². The minimum absolute atomic E-state index is 0.0376. The smallest absolute Gasteiger partial charge is 0.492 e. The fourth-order valence-electron chi connectivity index (χ4n) is 2.93. The largest absolute Gasteiger partial charge is 0.493 e. The molecule has 3 rings (SSSR count). The molecule has 0 radical (unpaired) electrons. The van der Waals surface area contributed by atoms with E-state index in [0.29, 0.717) is 39.5 Å². The molecule has 0 bridgehead atoms. The van der Waals surface area contributed by atoms with E-state index in [0.717, 1.165) is 21.4 Å². The maximum Gasteiger partial charge on any atom is 0.493 e. The quantitative estimate of drug-likeness (QED) is 0.369. The number of hydrogen-bond donors (Lipinski definition) is 2. The van der Waals surface area contributed by atoms with Gasteiger partial charge in [0.05, 0.1) is 13.1 Å². The van der Waals surface area contributed by atoms with Crippen molar-refractivity contribution in [2.24, 2.45) is 5.41 Å². The normalized spacial score (nSPS) is 14.3. The van der Waals surface area contributed by atoms with Crippen LogP contribution in [0.3, 0.4) is 0 Å². The summed E-state index contributed by atoms with van der Waals surface area (Å²) in [5, 5.41) is 5.34. The molecular weight excluding hydrogens is 515 g/mol. The van der Waals surface area contributed by atoms with Crippen molar-refractivity contribution < 1.29 is 28.4 Å². The minimum atomic E-state index is -0.300. The molecule has 0 unspecified atom stereocenters. The number of hydrogen-bond acceptors (Lipinski definition) is 6. The summed E-state index contributed by atoms with van der Waals surface area (Å²) in [5.41, 5.74) is 1.06. The number of carbonyl (C=O) groups is 2. The molecule has 35 heavy (non-hydrogen) atoms. The molecule has 0 saturated carbocycles. The summed E-state index contributed by atoms with van der Waals surface area (Å²) in [6.07, 6.45) is 0. The highest BCUT2D eigenvalue weighted by molar-refractivity contribution is 9.10. The van der Waals surface area contributed by atoms with Crippen molar-refractivity contribution in [1.82, 2.24) is 10.6 Å². The van der Waals surface area contributed by atoms with Crippen LogP contribution in [0.2, 0.25) is 0 Å². The van der Waals surface area contributed by atoms with Crippen molar-refractivity contribution in [3.05, 3.63) is 53.0 Å². The molecule has 0 aliphatic carbocycles. The average molecular weight is 549 g/mol. The molecule has 0 atom stereocenters. The van der Waals surface area contributed by atoms with E-state index in [1.807, 2.05) is 48.5 Å². The van der Waals surface area contributed by atoms with Gasteiger partial charge in [-0.25, -0.2) is 0 Å². The van der Waals surface area contributed by atoms with Gasteiger partial charge in [0.25, 0.3) is 0 Å². The first-order valence-corrected chi connectivity index (χ1v) is 12.3. The molecule has 1 aliphatic heterocycles. The number of carbonyl (C=O) groups excluding carboxylic acids is 2. The molecule has 190 valence electrons. The Morgan fingerprint density at radius 1 is 0.857 bits per heavy atom. The van der Waals surface area contributed by atoms with Crippen molar-refractivity contribution >= 4 is 40.3 Å². The molecule has 2 aromatic rings. The van der Waals surface area contributed by atoms with Gasteiger partial charge in [0.1, 0.15) is 24.7 Å². The van der Waals surface area contributed by atoms with E-state index in [1.165, 1.54) is 13.8 Å². The van der Waals surface area contributed by atoms with Crippen LogP contribution in [0.15, 0.2) is 53.0 Å². The molecule has 1 fully saturated rings. The zero-order valence-corrected chi connectivity index (χ0v) is 22.4. The number of amides is 2. The van der Waals surface area contributed by atoms with E-state index >= 15 is 0 Å². The van der Waals surface area contributed by atoms with E-state index < -0.39 is 0 Å². The van der Waals surface area contributed by atoms with E-state index in [9.17, 15) is 9.59 Å². The maximum absolute atomic E-state index is 10.7. The van der Waals surface area contributed by atoms with Gasteiger partial charge in [-0.15, -0.1) is 0 Å². The SMILES string of the molecule is CC(=O)NCCOc1ccc(B2OCC(C)(C)CO2)cc1.CC(=O)NCCOc1ccc(Br)cc1. The Labute approximate surface area is 216 Å². The van der Waals surface area contributed by atoms with Crippen LogP contribution in [0.1, 0.15) is 27.7 Å². The molecule has 1 saturated heterocycles. The summed E-state index contributed by atoms with van der Waals surface area (Å²) < 4.78 is 23.4. The Kier molecular flexibility index (Phi) is 12.1. The topological polar surface area (TPSA) is 95.1 Å². The lowest BCUT2D eigenvalue weighted by atomic mass is 9.76. The molecule has 0 aromatic heterocycles. The van der Waals surface area contributed by atoms with Gasteiger partial charge in [0.2, 0.25) is 11.8 Å². The Bertz CT molecular complexity index is 915. The van der Waals surface area contributed by atoms with Gasteiger partial charge in [0.15, 0.2) is 0 Å². The molecule has 1 heterocycles. The van der Waals surface area contributed by atoms with E-state index in [-0.39, 0.29) is 24.3 Å². The fourth-order valence-corrected chi connectivity index (χ4v) is 3.19. The van der Waals surface area contributed by atoms with E-state index in [2.05, 4.69) is 40.4 Å². The first kappa shape index (κ1) is 28.7. The monoisotopic (exact) mass is 548 g/mol. The highest BCUT2D eigenvalue weighted by Crippen LogP contribution is 2.21. The molecular formula is C25H34BBrN2O6. The third-order valence-electron chi connectivity index (χ3n) is 4.71. The maximum atomic E-state index is 10.7. The third-order valence-corrected chi connectivity index (χ3v) is 5.23. The standard InChI is InChI=1S/C15H22BNO4.C10H12BrNO2/c1-12(18)17-8-9-19-14-6-4-13(5-7-14)16-20-10-15(2,3)11-21-16;1-8(13)12-6-7-14-10-4-2-9(11)3-5-10/h4-7H,8-11H2,1-3H3,(H,17,18);2-5H,6-7H2,1H3,(H,12,13). The number of ether oxygens (including phenoxy) is 2.